The molecule has 0 unspecified atom stereocenters. The highest BCUT2D eigenvalue weighted by Crippen LogP contribution is 2.26. The van der Waals surface area contributed by atoms with Crippen molar-refractivity contribution in [2.45, 2.75) is 25.9 Å². The van der Waals surface area contributed by atoms with Gasteiger partial charge in [-0.2, -0.15) is 4.98 Å². The molecule has 1 aliphatic rings. The molecule has 122 valence electrons. The minimum Gasteiger partial charge on any atom is -0.473 e. The van der Waals surface area contributed by atoms with E-state index in [0.717, 1.165) is 48.3 Å². The number of ether oxygens (including phenoxy) is 1. The highest BCUT2D eigenvalue weighted by atomic mass is 16.5. The van der Waals surface area contributed by atoms with Crippen molar-refractivity contribution in [2.75, 3.05) is 13.1 Å². The summed E-state index contributed by atoms with van der Waals surface area (Å²) in [7, 11) is 0. The molecule has 0 aliphatic carbocycles. The lowest BCUT2D eigenvalue weighted by atomic mass is 10.1. The SMILES string of the molecule is Cc1cncc(-c2ccc3ncnc(OC4CCNCC4)c3n2)c1. The fraction of sp³-hybridized carbons (Fsp3) is 0.333. The molecule has 4 heterocycles. The summed E-state index contributed by atoms with van der Waals surface area (Å²) in [6.45, 7) is 3.97. The molecule has 24 heavy (non-hydrogen) atoms. The molecule has 6 nitrogen and oxygen atoms in total. The minimum absolute atomic E-state index is 0.176. The molecule has 0 amide bonds. The maximum absolute atomic E-state index is 6.11. The van der Waals surface area contributed by atoms with E-state index in [9.17, 15) is 0 Å². The fourth-order valence-electron chi connectivity index (χ4n) is 2.93. The van der Waals surface area contributed by atoms with Gasteiger partial charge in [0.05, 0.1) is 11.2 Å². The lowest BCUT2D eigenvalue weighted by Gasteiger charge is -2.23. The third-order valence-electron chi connectivity index (χ3n) is 4.18. The van der Waals surface area contributed by atoms with Crippen LogP contribution in [0, 0.1) is 6.92 Å². The summed E-state index contributed by atoms with van der Waals surface area (Å²) in [4.78, 5) is 17.6. The summed E-state index contributed by atoms with van der Waals surface area (Å²) in [5, 5.41) is 3.34. The number of hydrogen-bond acceptors (Lipinski definition) is 6. The summed E-state index contributed by atoms with van der Waals surface area (Å²) >= 11 is 0. The zero-order valence-electron chi connectivity index (χ0n) is 13.6. The first-order valence-electron chi connectivity index (χ1n) is 8.21. The number of nitrogens with one attached hydrogen (secondary N) is 1. The van der Waals surface area contributed by atoms with Crippen molar-refractivity contribution in [3.05, 3.63) is 42.5 Å². The van der Waals surface area contributed by atoms with Gasteiger partial charge in [-0.3, -0.25) is 4.98 Å². The van der Waals surface area contributed by atoms with Crippen molar-refractivity contribution < 1.29 is 4.74 Å². The summed E-state index contributed by atoms with van der Waals surface area (Å²) in [6.07, 6.45) is 7.32. The van der Waals surface area contributed by atoms with Gasteiger partial charge in [-0.05, 0) is 56.6 Å². The number of rotatable bonds is 3. The van der Waals surface area contributed by atoms with Crippen LogP contribution in [0.1, 0.15) is 18.4 Å². The quantitative estimate of drug-likeness (QED) is 0.799. The third kappa shape index (κ3) is 3.05. The molecule has 1 aliphatic heterocycles. The Bertz CT molecular complexity index is 861. The molecule has 4 rings (SSSR count). The minimum atomic E-state index is 0.176. The second kappa shape index (κ2) is 6.49. The Labute approximate surface area is 140 Å². The Kier molecular flexibility index (Phi) is 4.04. The average Bonchev–Trinajstić information content (AvgIpc) is 2.63. The van der Waals surface area contributed by atoms with Crippen LogP contribution in [0.5, 0.6) is 5.88 Å². The molecule has 0 aromatic carbocycles. The maximum Gasteiger partial charge on any atom is 0.244 e. The first-order valence-corrected chi connectivity index (χ1v) is 8.21. The Morgan fingerprint density at radius 1 is 1.12 bits per heavy atom. The van der Waals surface area contributed by atoms with Crippen LogP contribution in [-0.4, -0.2) is 39.1 Å². The zero-order chi connectivity index (χ0) is 16.4. The van der Waals surface area contributed by atoms with Crippen molar-refractivity contribution in [1.82, 2.24) is 25.3 Å². The molecule has 0 radical (unpaired) electrons. The van der Waals surface area contributed by atoms with Crippen molar-refractivity contribution in [3.8, 4) is 17.1 Å². The van der Waals surface area contributed by atoms with E-state index in [1.165, 1.54) is 6.33 Å². The molecule has 3 aromatic rings. The molecular weight excluding hydrogens is 302 g/mol. The van der Waals surface area contributed by atoms with E-state index >= 15 is 0 Å². The van der Waals surface area contributed by atoms with Crippen LogP contribution < -0.4 is 10.1 Å². The number of aromatic nitrogens is 4. The standard InChI is InChI=1S/C18H19N5O/c1-12-8-13(10-20-9-12)15-2-3-16-17(23-15)18(22-11-21-16)24-14-4-6-19-7-5-14/h2-3,8-11,14,19H,4-7H2,1H3. The largest absolute Gasteiger partial charge is 0.473 e. The van der Waals surface area contributed by atoms with Crippen LogP contribution in [0.25, 0.3) is 22.3 Å². The smallest absolute Gasteiger partial charge is 0.244 e. The molecule has 1 N–H and O–H groups in total. The second-order valence-electron chi connectivity index (χ2n) is 6.06. The van der Waals surface area contributed by atoms with Crippen LogP contribution >= 0.6 is 0 Å². The van der Waals surface area contributed by atoms with E-state index in [2.05, 4.69) is 26.3 Å². The Balaban J connectivity index is 1.73. The number of aryl methyl sites for hydroxylation is 1. The molecule has 3 aromatic heterocycles. The highest BCUT2D eigenvalue weighted by Gasteiger charge is 2.17. The molecule has 1 fully saturated rings. The van der Waals surface area contributed by atoms with Crippen molar-refractivity contribution in [2.24, 2.45) is 0 Å². The average molecular weight is 321 g/mol. The lowest BCUT2D eigenvalue weighted by Crippen LogP contribution is -2.34. The van der Waals surface area contributed by atoms with Gasteiger partial charge in [0.25, 0.3) is 0 Å². The van der Waals surface area contributed by atoms with E-state index in [1.54, 1.807) is 0 Å². The summed E-state index contributed by atoms with van der Waals surface area (Å²) in [6, 6.07) is 5.98. The Morgan fingerprint density at radius 2 is 2.00 bits per heavy atom. The van der Waals surface area contributed by atoms with Crippen molar-refractivity contribution in [1.29, 1.82) is 0 Å². The van der Waals surface area contributed by atoms with E-state index in [-0.39, 0.29) is 6.10 Å². The molecule has 0 bridgehead atoms. The number of fused-ring (bicyclic) bond motifs is 1. The predicted molar refractivity (Wildman–Crippen MR) is 91.8 cm³/mol. The van der Waals surface area contributed by atoms with E-state index in [4.69, 9.17) is 9.72 Å². The predicted octanol–water partition coefficient (Wildman–Crippen LogP) is 2.53. The van der Waals surface area contributed by atoms with Gasteiger partial charge < -0.3 is 10.1 Å². The van der Waals surface area contributed by atoms with Gasteiger partial charge >= 0.3 is 0 Å². The molecular formula is C18H19N5O. The second-order valence-corrected chi connectivity index (χ2v) is 6.06. The molecule has 6 heteroatoms. The first-order chi connectivity index (χ1) is 11.8. The zero-order valence-corrected chi connectivity index (χ0v) is 13.6. The topological polar surface area (TPSA) is 72.8 Å². The van der Waals surface area contributed by atoms with Gasteiger partial charge in [0.2, 0.25) is 5.88 Å². The van der Waals surface area contributed by atoms with Gasteiger partial charge in [-0.1, -0.05) is 0 Å². The van der Waals surface area contributed by atoms with Crippen molar-refractivity contribution in [3.63, 3.8) is 0 Å². The van der Waals surface area contributed by atoms with E-state index in [1.807, 2.05) is 31.5 Å². The Hall–Kier alpha value is -2.60. The Morgan fingerprint density at radius 3 is 2.83 bits per heavy atom. The van der Waals surface area contributed by atoms with Gasteiger partial charge in [0.1, 0.15) is 12.4 Å². The molecule has 0 spiro atoms. The number of hydrogen-bond donors (Lipinski definition) is 1. The van der Waals surface area contributed by atoms with Crippen LogP contribution in [0.15, 0.2) is 36.9 Å². The molecule has 1 saturated heterocycles. The van der Waals surface area contributed by atoms with Gasteiger partial charge in [0, 0.05) is 18.0 Å². The molecule has 0 atom stereocenters. The van der Waals surface area contributed by atoms with Gasteiger partial charge in [-0.15, -0.1) is 0 Å². The van der Waals surface area contributed by atoms with Crippen LogP contribution in [0.4, 0.5) is 0 Å². The van der Waals surface area contributed by atoms with Crippen LogP contribution in [-0.2, 0) is 0 Å². The van der Waals surface area contributed by atoms with Gasteiger partial charge in [-0.25, -0.2) is 9.97 Å². The summed E-state index contributed by atoms with van der Waals surface area (Å²) in [5.41, 5.74) is 4.43. The van der Waals surface area contributed by atoms with Crippen molar-refractivity contribution >= 4 is 11.0 Å². The van der Waals surface area contributed by atoms with E-state index < -0.39 is 0 Å². The van der Waals surface area contributed by atoms with Crippen LogP contribution in [0.3, 0.4) is 0 Å². The number of pyridine rings is 2. The van der Waals surface area contributed by atoms with Gasteiger partial charge in [0.15, 0.2) is 5.52 Å². The molecule has 0 saturated carbocycles. The third-order valence-corrected chi connectivity index (χ3v) is 4.18. The summed E-state index contributed by atoms with van der Waals surface area (Å²) < 4.78 is 6.11. The summed E-state index contributed by atoms with van der Waals surface area (Å²) in [5.74, 6) is 0.564. The number of nitrogens with zero attached hydrogens (tertiary/aromatic N) is 4. The monoisotopic (exact) mass is 321 g/mol. The van der Waals surface area contributed by atoms with E-state index in [0.29, 0.717) is 11.4 Å². The van der Waals surface area contributed by atoms with Crippen LogP contribution in [0.2, 0.25) is 0 Å². The lowest BCUT2D eigenvalue weighted by molar-refractivity contribution is 0.158. The first kappa shape index (κ1) is 15.0. The number of piperidine rings is 1. The fourth-order valence-corrected chi connectivity index (χ4v) is 2.93. The normalized spacial score (nSPS) is 15.5. The maximum atomic E-state index is 6.11. The highest BCUT2D eigenvalue weighted by molar-refractivity contribution is 5.81.